The van der Waals surface area contributed by atoms with Crippen molar-refractivity contribution in [3.05, 3.63) is 103 Å². The number of fused-ring (bicyclic) bond motifs is 3. The third-order valence-corrected chi connectivity index (χ3v) is 6.22. The van der Waals surface area contributed by atoms with Crippen molar-refractivity contribution in [2.75, 3.05) is 0 Å². The van der Waals surface area contributed by atoms with E-state index in [1.807, 2.05) is 13.8 Å². The summed E-state index contributed by atoms with van der Waals surface area (Å²) in [6.45, 7) is 3.70. The van der Waals surface area contributed by atoms with Crippen molar-refractivity contribution in [1.82, 2.24) is 0 Å². The molecule has 32 heavy (non-hydrogen) atoms. The van der Waals surface area contributed by atoms with E-state index in [2.05, 4.69) is 0 Å². The van der Waals surface area contributed by atoms with Gasteiger partial charge in [0.1, 0.15) is 11.2 Å². The Labute approximate surface area is 192 Å². The van der Waals surface area contributed by atoms with Crippen molar-refractivity contribution in [2.24, 2.45) is 0 Å². The molecular weight excluding hydrogens is 447 g/mol. The lowest BCUT2D eigenvalue weighted by atomic mass is 9.95. The average Bonchev–Trinajstić information content (AvgIpc) is 2.76. The van der Waals surface area contributed by atoms with Crippen LogP contribution in [0.5, 0.6) is 0 Å². The summed E-state index contributed by atoms with van der Waals surface area (Å²) in [6, 6.07) is 17.5. The minimum absolute atomic E-state index is 0.361. The van der Waals surface area contributed by atoms with Crippen LogP contribution in [0.1, 0.15) is 11.1 Å². The molecule has 0 amide bonds. The summed E-state index contributed by atoms with van der Waals surface area (Å²) in [7, 11) is 0. The zero-order chi connectivity index (χ0) is 22.6. The molecule has 5 rings (SSSR count). The van der Waals surface area contributed by atoms with Crippen molar-refractivity contribution in [3.8, 4) is 22.3 Å². The highest BCUT2D eigenvalue weighted by Gasteiger charge is 2.20. The first-order valence-electron chi connectivity index (χ1n) is 9.91. The first-order valence-corrected chi connectivity index (χ1v) is 10.7. The van der Waals surface area contributed by atoms with E-state index >= 15 is 0 Å². The van der Waals surface area contributed by atoms with E-state index in [-0.39, 0.29) is 0 Å². The Morgan fingerprint density at radius 3 is 1.69 bits per heavy atom. The first kappa shape index (κ1) is 20.6. The Morgan fingerprint density at radius 1 is 0.625 bits per heavy atom. The second kappa shape index (κ2) is 7.66. The van der Waals surface area contributed by atoms with E-state index < -0.39 is 11.3 Å². The van der Waals surface area contributed by atoms with Gasteiger partial charge in [0.05, 0.1) is 16.5 Å². The Balaban J connectivity index is 1.86. The summed E-state index contributed by atoms with van der Waals surface area (Å²) < 4.78 is 11.4. The average molecular weight is 463 g/mol. The number of halogens is 2. The molecule has 0 aliphatic heterocycles. The molecule has 5 aromatic rings. The van der Waals surface area contributed by atoms with Crippen LogP contribution in [0.25, 0.3) is 44.2 Å². The Kier molecular flexibility index (Phi) is 4.92. The van der Waals surface area contributed by atoms with Crippen LogP contribution in [0.2, 0.25) is 10.0 Å². The van der Waals surface area contributed by atoms with Gasteiger partial charge in [-0.2, -0.15) is 0 Å². The lowest BCUT2D eigenvalue weighted by molar-refractivity contribution is 0.553. The van der Waals surface area contributed by atoms with E-state index in [9.17, 15) is 9.59 Å². The van der Waals surface area contributed by atoms with Crippen molar-refractivity contribution in [2.45, 2.75) is 13.8 Å². The molecule has 2 heterocycles. The fourth-order valence-electron chi connectivity index (χ4n) is 4.17. The second-order valence-corrected chi connectivity index (χ2v) is 8.48. The summed E-state index contributed by atoms with van der Waals surface area (Å²) in [4.78, 5) is 25.8. The molecule has 2 aromatic heterocycles. The maximum Gasteiger partial charge on any atom is 0.344 e. The van der Waals surface area contributed by atoms with Gasteiger partial charge in [0.2, 0.25) is 0 Å². The molecule has 0 aliphatic carbocycles. The van der Waals surface area contributed by atoms with Crippen LogP contribution in [-0.2, 0) is 0 Å². The summed E-state index contributed by atoms with van der Waals surface area (Å²) in [6.07, 6.45) is 0. The third kappa shape index (κ3) is 3.24. The number of aryl methyl sites for hydroxylation is 2. The van der Waals surface area contributed by atoms with Crippen LogP contribution in [0.3, 0.4) is 0 Å². The van der Waals surface area contributed by atoms with Crippen molar-refractivity contribution in [1.29, 1.82) is 0 Å². The van der Waals surface area contributed by atoms with Gasteiger partial charge in [-0.1, -0.05) is 47.5 Å². The van der Waals surface area contributed by atoms with Gasteiger partial charge in [0, 0.05) is 15.4 Å². The maximum atomic E-state index is 13.0. The molecule has 0 radical (unpaired) electrons. The molecule has 158 valence electrons. The number of hydrogen-bond acceptors (Lipinski definition) is 4. The Bertz CT molecular complexity index is 1630. The normalized spacial score (nSPS) is 11.4. The van der Waals surface area contributed by atoms with E-state index in [1.54, 1.807) is 60.7 Å². The van der Waals surface area contributed by atoms with E-state index in [0.717, 1.165) is 16.5 Å². The van der Waals surface area contributed by atoms with E-state index in [1.165, 1.54) is 0 Å². The maximum absolute atomic E-state index is 13.0. The molecule has 0 saturated carbocycles. The van der Waals surface area contributed by atoms with Crippen molar-refractivity contribution in [3.63, 3.8) is 0 Å². The molecule has 6 heteroatoms. The van der Waals surface area contributed by atoms with Crippen LogP contribution >= 0.6 is 23.2 Å². The summed E-state index contributed by atoms with van der Waals surface area (Å²) in [5.74, 6) is 0. The van der Waals surface area contributed by atoms with Gasteiger partial charge in [-0.05, 0) is 72.5 Å². The van der Waals surface area contributed by atoms with Gasteiger partial charge in [-0.15, -0.1) is 0 Å². The SMILES string of the molecule is Cc1c(-c2ccc(Cl)cc2)c(=O)oc2c1ccc1oc(=O)c(-c3ccc(Cl)cc3)c(C)c12. The smallest absolute Gasteiger partial charge is 0.344 e. The van der Waals surface area contributed by atoms with E-state index in [4.69, 9.17) is 32.0 Å². The predicted molar refractivity (Wildman–Crippen MR) is 129 cm³/mol. The van der Waals surface area contributed by atoms with Gasteiger partial charge in [-0.3, -0.25) is 0 Å². The molecule has 0 spiro atoms. The Morgan fingerprint density at radius 2 is 1.12 bits per heavy atom. The lowest BCUT2D eigenvalue weighted by Gasteiger charge is -2.12. The van der Waals surface area contributed by atoms with E-state index in [0.29, 0.717) is 48.9 Å². The molecule has 0 fully saturated rings. The molecule has 0 saturated heterocycles. The van der Waals surface area contributed by atoms with Crippen LogP contribution in [-0.4, -0.2) is 0 Å². The second-order valence-electron chi connectivity index (χ2n) is 7.61. The van der Waals surface area contributed by atoms with Crippen LogP contribution in [0.4, 0.5) is 0 Å². The molecule has 3 aromatic carbocycles. The van der Waals surface area contributed by atoms with Crippen molar-refractivity contribution >= 4 is 45.1 Å². The van der Waals surface area contributed by atoms with Crippen molar-refractivity contribution < 1.29 is 8.83 Å². The highest BCUT2D eigenvalue weighted by atomic mass is 35.5. The van der Waals surface area contributed by atoms with Gasteiger partial charge >= 0.3 is 11.3 Å². The number of hydrogen-bond donors (Lipinski definition) is 0. The third-order valence-electron chi connectivity index (χ3n) is 5.72. The molecule has 0 aliphatic rings. The molecule has 4 nitrogen and oxygen atoms in total. The minimum atomic E-state index is -0.469. The lowest BCUT2D eigenvalue weighted by Crippen LogP contribution is -2.09. The summed E-state index contributed by atoms with van der Waals surface area (Å²) in [5, 5.41) is 2.51. The number of rotatable bonds is 2. The van der Waals surface area contributed by atoms with Gasteiger partial charge < -0.3 is 8.83 Å². The van der Waals surface area contributed by atoms with Crippen LogP contribution in [0, 0.1) is 13.8 Å². The topological polar surface area (TPSA) is 60.4 Å². The zero-order valence-electron chi connectivity index (χ0n) is 17.2. The fraction of sp³-hybridized carbons (Fsp3) is 0.0769. The largest absolute Gasteiger partial charge is 0.422 e. The van der Waals surface area contributed by atoms with Gasteiger partial charge in [0.15, 0.2) is 0 Å². The Hall–Kier alpha value is -3.34. The standard InChI is InChI=1S/C26H16Cl2O4/c1-13-19-11-12-20-23(14(2)22(25(29)31-20)16-5-9-18(28)10-6-16)24(19)32-26(30)21(13)15-3-7-17(27)8-4-15/h3-12H,1-2H3. The predicted octanol–water partition coefficient (Wildman–Crippen LogP) is 7.16. The highest BCUT2D eigenvalue weighted by molar-refractivity contribution is 6.31. The monoisotopic (exact) mass is 462 g/mol. The molecular formula is C26H16Cl2O4. The van der Waals surface area contributed by atoms with Gasteiger partial charge in [-0.25, -0.2) is 9.59 Å². The first-order chi connectivity index (χ1) is 15.3. The van der Waals surface area contributed by atoms with Gasteiger partial charge in [0.25, 0.3) is 0 Å². The minimum Gasteiger partial charge on any atom is -0.422 e. The molecule has 0 N–H and O–H groups in total. The summed E-state index contributed by atoms with van der Waals surface area (Å²) in [5.41, 5.74) is 3.54. The van der Waals surface area contributed by atoms with Crippen LogP contribution in [0.15, 0.2) is 79.1 Å². The molecule has 0 bridgehead atoms. The molecule has 0 unspecified atom stereocenters. The molecule has 0 atom stereocenters. The highest BCUT2D eigenvalue weighted by Crippen LogP contribution is 2.35. The fourth-order valence-corrected chi connectivity index (χ4v) is 4.42. The quantitative estimate of drug-likeness (QED) is 0.206. The van der Waals surface area contributed by atoms with Crippen LogP contribution < -0.4 is 11.3 Å². The number of benzene rings is 3. The summed E-state index contributed by atoms with van der Waals surface area (Å²) >= 11 is 12.0. The zero-order valence-corrected chi connectivity index (χ0v) is 18.7.